The summed E-state index contributed by atoms with van der Waals surface area (Å²) < 4.78 is 5.48. The van der Waals surface area contributed by atoms with Crippen LogP contribution in [0.1, 0.15) is 48.6 Å². The van der Waals surface area contributed by atoms with Crippen LogP contribution in [0.3, 0.4) is 0 Å². The van der Waals surface area contributed by atoms with Gasteiger partial charge in [0.15, 0.2) is 5.89 Å². The van der Waals surface area contributed by atoms with Gasteiger partial charge in [-0.3, -0.25) is 9.69 Å². The van der Waals surface area contributed by atoms with Crippen LogP contribution in [0.15, 0.2) is 10.7 Å². The Bertz CT molecular complexity index is 618. The first-order chi connectivity index (χ1) is 10.5. The summed E-state index contributed by atoms with van der Waals surface area (Å²) in [5.74, 6) is 2.18. The Morgan fingerprint density at radius 3 is 2.86 bits per heavy atom. The Hall–Kier alpha value is -2.15. The summed E-state index contributed by atoms with van der Waals surface area (Å²) in [5.41, 5.74) is 3.48. The van der Waals surface area contributed by atoms with Crippen molar-refractivity contribution >= 4 is 6.47 Å². The minimum absolute atomic E-state index is 0.250. The standard InChI is InChI=1S/C14H20N4O.CH2O2/c1-9(2)14-17-11(8-19-14)6-18-5-4-12-13(7-18)16-10(3)15-12;2-1-3/h8-9H,4-7H2,1-3H3,(H,15,16);1H,(H,2,3). The molecule has 1 aliphatic rings. The van der Waals surface area contributed by atoms with Crippen LogP contribution in [-0.2, 0) is 24.3 Å². The van der Waals surface area contributed by atoms with Crippen molar-refractivity contribution in [2.24, 2.45) is 0 Å². The smallest absolute Gasteiger partial charge is 0.290 e. The molecule has 7 nitrogen and oxygen atoms in total. The monoisotopic (exact) mass is 306 g/mol. The summed E-state index contributed by atoms with van der Waals surface area (Å²) in [7, 11) is 0. The molecule has 0 bridgehead atoms. The third-order valence-corrected chi connectivity index (χ3v) is 3.48. The number of oxazole rings is 1. The lowest BCUT2D eigenvalue weighted by Crippen LogP contribution is -2.30. The topological polar surface area (TPSA) is 95.3 Å². The number of imidazole rings is 1. The van der Waals surface area contributed by atoms with Gasteiger partial charge in [-0.2, -0.15) is 0 Å². The molecule has 22 heavy (non-hydrogen) atoms. The summed E-state index contributed by atoms with van der Waals surface area (Å²) in [4.78, 5) is 23.1. The van der Waals surface area contributed by atoms with Gasteiger partial charge in [-0.05, 0) is 6.92 Å². The van der Waals surface area contributed by atoms with E-state index in [1.54, 1.807) is 6.26 Å². The Morgan fingerprint density at radius 1 is 1.50 bits per heavy atom. The van der Waals surface area contributed by atoms with Gasteiger partial charge >= 0.3 is 0 Å². The van der Waals surface area contributed by atoms with Crippen LogP contribution in [0.25, 0.3) is 0 Å². The van der Waals surface area contributed by atoms with Crippen LogP contribution in [0.4, 0.5) is 0 Å². The molecular formula is C15H22N4O3. The maximum atomic E-state index is 8.36. The van der Waals surface area contributed by atoms with Gasteiger partial charge in [0, 0.05) is 32.0 Å². The second-order valence-electron chi connectivity index (χ2n) is 5.65. The molecule has 2 aromatic heterocycles. The number of carboxylic acid groups (broad SMARTS) is 1. The molecule has 3 heterocycles. The zero-order chi connectivity index (χ0) is 16.1. The number of nitrogens with one attached hydrogen (secondary N) is 1. The highest BCUT2D eigenvalue weighted by Crippen LogP contribution is 2.19. The summed E-state index contributed by atoms with van der Waals surface area (Å²) in [5, 5.41) is 6.89. The number of fused-ring (bicyclic) bond motifs is 1. The van der Waals surface area contributed by atoms with Crippen molar-refractivity contribution in [2.45, 2.75) is 46.2 Å². The van der Waals surface area contributed by atoms with Gasteiger partial charge in [-0.15, -0.1) is 0 Å². The normalized spacial score (nSPS) is 14.4. The summed E-state index contributed by atoms with van der Waals surface area (Å²) >= 11 is 0. The summed E-state index contributed by atoms with van der Waals surface area (Å²) in [6, 6.07) is 0. The first kappa shape index (κ1) is 16.2. The number of carbonyl (C=O) groups is 1. The van der Waals surface area contributed by atoms with Crippen molar-refractivity contribution in [1.82, 2.24) is 19.9 Å². The van der Waals surface area contributed by atoms with E-state index in [2.05, 4.69) is 33.7 Å². The van der Waals surface area contributed by atoms with Gasteiger partial charge in [0.25, 0.3) is 6.47 Å². The highest BCUT2D eigenvalue weighted by molar-refractivity contribution is 5.32. The lowest BCUT2D eigenvalue weighted by molar-refractivity contribution is -0.122. The second-order valence-corrected chi connectivity index (χ2v) is 5.65. The molecule has 0 saturated carbocycles. The third-order valence-electron chi connectivity index (χ3n) is 3.48. The number of hydrogen-bond acceptors (Lipinski definition) is 5. The van der Waals surface area contributed by atoms with Crippen molar-refractivity contribution in [3.8, 4) is 0 Å². The molecule has 2 N–H and O–H groups in total. The fourth-order valence-corrected chi connectivity index (χ4v) is 2.52. The molecule has 0 unspecified atom stereocenters. The number of aryl methyl sites for hydroxylation is 1. The molecule has 0 fully saturated rings. The predicted octanol–water partition coefficient (Wildman–Crippen LogP) is 2.09. The molecule has 0 aromatic carbocycles. The zero-order valence-corrected chi connectivity index (χ0v) is 13.2. The van der Waals surface area contributed by atoms with Gasteiger partial charge in [0.2, 0.25) is 0 Å². The maximum absolute atomic E-state index is 8.36. The van der Waals surface area contributed by atoms with Crippen molar-refractivity contribution < 1.29 is 14.3 Å². The van der Waals surface area contributed by atoms with E-state index in [0.717, 1.165) is 43.5 Å². The number of H-pyrrole nitrogens is 1. The van der Waals surface area contributed by atoms with Gasteiger partial charge in [-0.1, -0.05) is 13.8 Å². The average Bonchev–Trinajstić information content (AvgIpc) is 3.05. The maximum Gasteiger partial charge on any atom is 0.290 e. The van der Waals surface area contributed by atoms with Crippen molar-refractivity contribution in [3.05, 3.63) is 35.1 Å². The van der Waals surface area contributed by atoms with E-state index in [0.29, 0.717) is 5.92 Å². The molecule has 120 valence electrons. The number of hydrogen-bond donors (Lipinski definition) is 2. The Morgan fingerprint density at radius 2 is 2.23 bits per heavy atom. The van der Waals surface area contributed by atoms with E-state index in [1.165, 1.54) is 11.4 Å². The summed E-state index contributed by atoms with van der Waals surface area (Å²) in [6.07, 6.45) is 2.79. The molecule has 7 heteroatoms. The third kappa shape index (κ3) is 3.94. The highest BCUT2D eigenvalue weighted by Gasteiger charge is 2.20. The minimum Gasteiger partial charge on any atom is -0.483 e. The van der Waals surface area contributed by atoms with E-state index >= 15 is 0 Å². The van der Waals surface area contributed by atoms with Crippen molar-refractivity contribution in [3.63, 3.8) is 0 Å². The molecule has 2 aromatic rings. The molecule has 0 amide bonds. The van der Waals surface area contributed by atoms with E-state index in [9.17, 15) is 0 Å². The van der Waals surface area contributed by atoms with Crippen LogP contribution in [0.2, 0.25) is 0 Å². The van der Waals surface area contributed by atoms with Gasteiger partial charge < -0.3 is 14.5 Å². The van der Waals surface area contributed by atoms with Gasteiger partial charge in [0.1, 0.15) is 12.1 Å². The van der Waals surface area contributed by atoms with E-state index < -0.39 is 0 Å². The van der Waals surface area contributed by atoms with Crippen molar-refractivity contribution in [1.29, 1.82) is 0 Å². The Labute approximate surface area is 129 Å². The molecule has 0 radical (unpaired) electrons. The quantitative estimate of drug-likeness (QED) is 0.843. The number of aromatic amines is 1. The van der Waals surface area contributed by atoms with Gasteiger partial charge in [-0.25, -0.2) is 9.97 Å². The van der Waals surface area contributed by atoms with Crippen LogP contribution in [-0.4, -0.2) is 38.0 Å². The molecule has 0 atom stereocenters. The SMILES string of the molecule is Cc1nc2c([nH]1)CN(Cc1coc(C(C)C)n1)CC2.O=CO. The molecular weight excluding hydrogens is 284 g/mol. The molecule has 1 aliphatic heterocycles. The Kier molecular flexibility index (Phi) is 5.32. The van der Waals surface area contributed by atoms with E-state index in [-0.39, 0.29) is 6.47 Å². The van der Waals surface area contributed by atoms with Crippen LogP contribution in [0, 0.1) is 6.92 Å². The fraction of sp³-hybridized carbons (Fsp3) is 0.533. The number of nitrogens with zero attached hydrogens (tertiary/aromatic N) is 3. The molecule has 0 spiro atoms. The number of aromatic nitrogens is 3. The molecule has 0 aliphatic carbocycles. The average molecular weight is 306 g/mol. The first-order valence-corrected chi connectivity index (χ1v) is 7.32. The highest BCUT2D eigenvalue weighted by atomic mass is 16.3. The van der Waals surface area contributed by atoms with Crippen LogP contribution >= 0.6 is 0 Å². The van der Waals surface area contributed by atoms with Gasteiger partial charge in [0.05, 0.1) is 17.1 Å². The van der Waals surface area contributed by atoms with Crippen LogP contribution < -0.4 is 0 Å². The van der Waals surface area contributed by atoms with E-state index in [4.69, 9.17) is 14.3 Å². The zero-order valence-electron chi connectivity index (χ0n) is 13.2. The molecule has 3 rings (SSSR count). The lowest BCUT2D eigenvalue weighted by Gasteiger charge is -2.24. The first-order valence-electron chi connectivity index (χ1n) is 7.32. The summed E-state index contributed by atoms with van der Waals surface area (Å²) in [6.45, 7) is 8.73. The molecule has 0 saturated heterocycles. The fourth-order valence-electron chi connectivity index (χ4n) is 2.52. The minimum atomic E-state index is -0.250. The number of rotatable bonds is 3. The van der Waals surface area contributed by atoms with E-state index in [1.807, 2.05) is 6.92 Å². The largest absolute Gasteiger partial charge is 0.483 e. The Balaban J connectivity index is 0.000000545. The van der Waals surface area contributed by atoms with Crippen LogP contribution in [0.5, 0.6) is 0 Å². The predicted molar refractivity (Wildman–Crippen MR) is 80.4 cm³/mol. The lowest BCUT2D eigenvalue weighted by atomic mass is 10.1. The van der Waals surface area contributed by atoms with Crippen molar-refractivity contribution in [2.75, 3.05) is 6.54 Å². The second kappa shape index (κ2) is 7.22.